The van der Waals surface area contributed by atoms with Crippen molar-refractivity contribution in [2.45, 2.75) is 13.0 Å². The summed E-state index contributed by atoms with van der Waals surface area (Å²) in [6.45, 7) is 0.951. The Balaban J connectivity index is 1.84. The van der Waals surface area contributed by atoms with Crippen LogP contribution in [0.1, 0.15) is 22.4 Å². The zero-order chi connectivity index (χ0) is 18.1. The van der Waals surface area contributed by atoms with E-state index >= 15 is 0 Å². The number of nitrogens with zero attached hydrogens (tertiary/aromatic N) is 1. The van der Waals surface area contributed by atoms with Gasteiger partial charge in [-0.25, -0.2) is 8.42 Å². The molecule has 5 heteroatoms. The van der Waals surface area contributed by atoms with E-state index in [1.54, 1.807) is 6.07 Å². The minimum atomic E-state index is -3.30. The van der Waals surface area contributed by atoms with Crippen LogP contribution in [0.4, 0.5) is 5.69 Å². The Labute approximate surface area is 153 Å². The summed E-state index contributed by atoms with van der Waals surface area (Å²) in [5, 5.41) is 0. The van der Waals surface area contributed by atoms with Crippen molar-refractivity contribution in [2.75, 3.05) is 11.0 Å². The van der Waals surface area contributed by atoms with Crippen molar-refractivity contribution in [3.8, 4) is 0 Å². The van der Waals surface area contributed by atoms with Gasteiger partial charge >= 0.3 is 0 Å². The van der Waals surface area contributed by atoms with E-state index in [9.17, 15) is 8.42 Å². The highest BCUT2D eigenvalue weighted by atomic mass is 32.2. The van der Waals surface area contributed by atoms with Gasteiger partial charge in [0.05, 0.1) is 6.26 Å². The summed E-state index contributed by atoms with van der Waals surface area (Å²) < 4.78 is 27.8. The minimum absolute atomic E-state index is 0.569. The Bertz CT molecular complexity index is 1090. The Morgan fingerprint density at radius 1 is 1.04 bits per heavy atom. The Hall–Kier alpha value is -2.79. The van der Waals surface area contributed by atoms with E-state index < -0.39 is 10.0 Å². The van der Waals surface area contributed by atoms with E-state index in [0.29, 0.717) is 5.69 Å². The molecule has 1 N–H and O–H groups in total. The maximum Gasteiger partial charge on any atom is 0.229 e. The van der Waals surface area contributed by atoms with Crippen molar-refractivity contribution < 1.29 is 8.42 Å². The number of fused-ring (bicyclic) bond motifs is 2. The molecule has 0 amide bonds. The van der Waals surface area contributed by atoms with Crippen LogP contribution in [-0.4, -0.2) is 19.2 Å². The smallest absolute Gasteiger partial charge is 0.229 e. The molecule has 2 aromatic carbocycles. The number of aryl methyl sites for hydroxylation is 2. The number of hydrogen-bond acceptors (Lipinski definition) is 2. The molecule has 0 atom stereocenters. The molecule has 4 rings (SSSR count). The molecule has 0 aliphatic carbocycles. The Morgan fingerprint density at radius 3 is 2.73 bits per heavy atom. The Morgan fingerprint density at radius 2 is 1.88 bits per heavy atom. The first kappa shape index (κ1) is 16.7. The van der Waals surface area contributed by atoms with Gasteiger partial charge in [-0.3, -0.25) is 4.72 Å². The van der Waals surface area contributed by atoms with Gasteiger partial charge in [0.15, 0.2) is 0 Å². The number of aromatic nitrogens is 1. The average Bonchev–Trinajstić information content (AvgIpc) is 3.00. The fourth-order valence-electron chi connectivity index (χ4n) is 3.46. The largest absolute Gasteiger partial charge is 0.347 e. The van der Waals surface area contributed by atoms with Gasteiger partial charge in [-0.1, -0.05) is 36.4 Å². The van der Waals surface area contributed by atoms with Gasteiger partial charge < -0.3 is 4.57 Å². The highest BCUT2D eigenvalue weighted by Crippen LogP contribution is 2.32. The van der Waals surface area contributed by atoms with Crippen molar-refractivity contribution >= 4 is 27.4 Å². The second-order valence-electron chi connectivity index (χ2n) is 6.55. The molecular formula is C21H20N2O2S. The molecule has 1 aliphatic heterocycles. The fourth-order valence-corrected chi connectivity index (χ4v) is 4.01. The van der Waals surface area contributed by atoms with Crippen LogP contribution in [0.5, 0.6) is 0 Å². The topological polar surface area (TPSA) is 51.1 Å². The van der Waals surface area contributed by atoms with E-state index in [-0.39, 0.29) is 0 Å². The summed E-state index contributed by atoms with van der Waals surface area (Å²) >= 11 is 0. The lowest BCUT2D eigenvalue weighted by atomic mass is 9.95. The molecule has 0 bridgehead atoms. The van der Waals surface area contributed by atoms with Gasteiger partial charge in [-0.15, -0.1) is 0 Å². The number of rotatable bonds is 3. The summed E-state index contributed by atoms with van der Waals surface area (Å²) in [6.07, 6.45) is 6.39. The standard InChI is InChI=1S/C21H20N2O2S/c1-26(24,25)22-18-8-4-6-16(14-18)15-20-19-9-3-2-7-17(19)11-13-23-12-5-10-21(20)23/h2-10,12,14-15,22H,11,13H2,1H3. The molecule has 26 heavy (non-hydrogen) atoms. The van der Waals surface area contributed by atoms with E-state index in [2.05, 4.69) is 58.0 Å². The third-order valence-corrected chi connectivity index (χ3v) is 5.14. The van der Waals surface area contributed by atoms with Crippen LogP contribution < -0.4 is 4.72 Å². The molecule has 0 fully saturated rings. The lowest BCUT2D eigenvalue weighted by Gasteiger charge is -2.11. The molecule has 4 nitrogen and oxygen atoms in total. The number of anilines is 1. The zero-order valence-corrected chi connectivity index (χ0v) is 15.3. The van der Waals surface area contributed by atoms with Crippen molar-refractivity contribution in [1.29, 1.82) is 0 Å². The van der Waals surface area contributed by atoms with E-state index in [1.807, 2.05) is 18.2 Å². The normalized spacial score (nSPS) is 15.2. The van der Waals surface area contributed by atoms with E-state index in [0.717, 1.165) is 30.4 Å². The fraction of sp³-hybridized carbons (Fsp3) is 0.143. The first-order chi connectivity index (χ1) is 12.5. The number of hydrogen-bond donors (Lipinski definition) is 1. The molecule has 132 valence electrons. The maximum absolute atomic E-state index is 11.5. The second-order valence-corrected chi connectivity index (χ2v) is 8.30. The molecule has 0 spiro atoms. The SMILES string of the molecule is CS(=O)(=O)Nc1cccc(C=C2c3ccccc3CCn3cccc32)c1. The second kappa shape index (κ2) is 6.50. The maximum atomic E-state index is 11.5. The van der Waals surface area contributed by atoms with Crippen LogP contribution in [0.15, 0.2) is 66.9 Å². The Kier molecular flexibility index (Phi) is 4.17. The number of benzene rings is 2. The summed E-state index contributed by atoms with van der Waals surface area (Å²) in [7, 11) is -3.30. The van der Waals surface area contributed by atoms with Gasteiger partial charge in [0.1, 0.15) is 0 Å². The number of sulfonamides is 1. The van der Waals surface area contributed by atoms with Gasteiger partial charge in [0.25, 0.3) is 0 Å². The van der Waals surface area contributed by atoms with Crippen LogP contribution in [0, 0.1) is 0 Å². The van der Waals surface area contributed by atoms with Gasteiger partial charge in [-0.05, 0) is 53.5 Å². The number of nitrogens with one attached hydrogen (secondary N) is 1. The van der Waals surface area contributed by atoms with Crippen LogP contribution in [0.25, 0.3) is 11.6 Å². The quantitative estimate of drug-likeness (QED) is 0.764. The average molecular weight is 364 g/mol. The van der Waals surface area contributed by atoms with Crippen molar-refractivity contribution in [1.82, 2.24) is 4.57 Å². The zero-order valence-electron chi connectivity index (χ0n) is 14.5. The molecule has 0 unspecified atom stereocenters. The lowest BCUT2D eigenvalue weighted by molar-refractivity contribution is 0.607. The predicted molar refractivity (Wildman–Crippen MR) is 106 cm³/mol. The van der Waals surface area contributed by atoms with Crippen LogP contribution >= 0.6 is 0 Å². The minimum Gasteiger partial charge on any atom is -0.347 e. The third kappa shape index (κ3) is 3.44. The monoisotopic (exact) mass is 364 g/mol. The molecule has 0 radical (unpaired) electrons. The van der Waals surface area contributed by atoms with Gasteiger partial charge in [-0.2, -0.15) is 0 Å². The molecular weight excluding hydrogens is 344 g/mol. The highest BCUT2D eigenvalue weighted by Gasteiger charge is 2.17. The van der Waals surface area contributed by atoms with Gasteiger partial charge in [0.2, 0.25) is 10.0 Å². The van der Waals surface area contributed by atoms with E-state index in [1.165, 1.54) is 16.8 Å². The molecule has 3 aromatic rings. The van der Waals surface area contributed by atoms with Crippen molar-refractivity contribution in [3.63, 3.8) is 0 Å². The predicted octanol–water partition coefficient (Wildman–Crippen LogP) is 4.00. The summed E-state index contributed by atoms with van der Waals surface area (Å²) in [5.74, 6) is 0. The molecule has 0 saturated carbocycles. The lowest BCUT2D eigenvalue weighted by Crippen LogP contribution is -2.09. The van der Waals surface area contributed by atoms with Crippen LogP contribution in [0.3, 0.4) is 0 Å². The van der Waals surface area contributed by atoms with Crippen LogP contribution in [-0.2, 0) is 23.0 Å². The first-order valence-electron chi connectivity index (χ1n) is 8.53. The highest BCUT2D eigenvalue weighted by molar-refractivity contribution is 7.92. The molecule has 1 aromatic heterocycles. The molecule has 1 aliphatic rings. The third-order valence-electron chi connectivity index (χ3n) is 4.54. The van der Waals surface area contributed by atoms with Gasteiger partial charge in [0, 0.05) is 29.7 Å². The molecule has 0 saturated heterocycles. The van der Waals surface area contributed by atoms with E-state index in [4.69, 9.17) is 0 Å². The summed E-state index contributed by atoms with van der Waals surface area (Å²) in [4.78, 5) is 0. The summed E-state index contributed by atoms with van der Waals surface area (Å²) in [5.41, 5.74) is 6.41. The first-order valence-corrected chi connectivity index (χ1v) is 10.4. The van der Waals surface area contributed by atoms with Crippen molar-refractivity contribution in [3.05, 3.63) is 89.2 Å². The summed E-state index contributed by atoms with van der Waals surface area (Å²) in [6, 6.07) is 20.1. The molecule has 2 heterocycles. The van der Waals surface area contributed by atoms with Crippen LogP contribution in [0.2, 0.25) is 0 Å². The van der Waals surface area contributed by atoms with Crippen molar-refractivity contribution in [2.24, 2.45) is 0 Å².